The molecule has 0 aliphatic carbocycles. The molecule has 68 valence electrons. The Labute approximate surface area is 77.6 Å². The second-order valence-corrected chi connectivity index (χ2v) is 3.24. The number of hydrogen-bond acceptors (Lipinski definition) is 2. The normalized spacial score (nSPS) is 14.6. The van der Waals surface area contributed by atoms with Gasteiger partial charge in [0.05, 0.1) is 18.7 Å². The Hall–Kier alpha value is -1.37. The first-order valence-electron chi connectivity index (χ1n) is 3.98. The lowest BCUT2D eigenvalue weighted by Crippen LogP contribution is -2.36. The number of nitrogens with two attached hydrogens (primary N) is 1. The van der Waals surface area contributed by atoms with E-state index >= 15 is 0 Å². The molecule has 1 rings (SSSR count). The molecule has 1 aromatic carbocycles. The van der Waals surface area contributed by atoms with Crippen LogP contribution < -0.4 is 5.73 Å². The molecule has 0 saturated carbocycles. The lowest BCUT2D eigenvalue weighted by molar-refractivity contribution is 0.210. The molecule has 0 fully saturated rings. The van der Waals surface area contributed by atoms with E-state index in [1.807, 2.05) is 6.07 Å². The lowest BCUT2D eigenvalue weighted by atomic mass is 9.94. The third kappa shape index (κ3) is 2.05. The summed E-state index contributed by atoms with van der Waals surface area (Å²) in [4.78, 5) is 3.29. The van der Waals surface area contributed by atoms with Crippen molar-refractivity contribution < 1.29 is 5.11 Å². The summed E-state index contributed by atoms with van der Waals surface area (Å²) < 4.78 is 0. The zero-order valence-electron chi connectivity index (χ0n) is 7.49. The van der Waals surface area contributed by atoms with Crippen molar-refractivity contribution in [3.05, 3.63) is 41.2 Å². The van der Waals surface area contributed by atoms with Gasteiger partial charge in [0.1, 0.15) is 0 Å². The van der Waals surface area contributed by atoms with Gasteiger partial charge in [0.15, 0.2) is 5.69 Å². The van der Waals surface area contributed by atoms with Crippen molar-refractivity contribution in [1.29, 1.82) is 0 Å². The Bertz CT molecular complexity index is 339. The molecule has 0 aliphatic rings. The van der Waals surface area contributed by atoms with E-state index in [0.29, 0.717) is 5.69 Å². The molecule has 0 saturated heterocycles. The molecule has 0 radical (unpaired) electrons. The first-order chi connectivity index (χ1) is 6.10. The van der Waals surface area contributed by atoms with Crippen LogP contribution in [0.1, 0.15) is 12.5 Å². The fourth-order valence-electron chi connectivity index (χ4n) is 1.02. The van der Waals surface area contributed by atoms with Crippen LogP contribution in [-0.4, -0.2) is 11.7 Å². The zero-order chi connectivity index (χ0) is 9.90. The Balaban J connectivity index is 3.10. The average molecular weight is 176 g/mol. The number of aliphatic hydroxyl groups is 1. The van der Waals surface area contributed by atoms with Gasteiger partial charge < -0.3 is 10.8 Å². The summed E-state index contributed by atoms with van der Waals surface area (Å²) in [6.07, 6.45) is 0. The molecule has 0 heterocycles. The van der Waals surface area contributed by atoms with Crippen molar-refractivity contribution in [2.75, 3.05) is 6.61 Å². The van der Waals surface area contributed by atoms with Crippen LogP contribution in [0.15, 0.2) is 24.3 Å². The van der Waals surface area contributed by atoms with Gasteiger partial charge in [0.2, 0.25) is 0 Å². The van der Waals surface area contributed by atoms with Gasteiger partial charge in [0.25, 0.3) is 0 Å². The van der Waals surface area contributed by atoms with Crippen molar-refractivity contribution in [1.82, 2.24) is 0 Å². The molecule has 0 amide bonds. The Morgan fingerprint density at radius 2 is 2.31 bits per heavy atom. The van der Waals surface area contributed by atoms with Gasteiger partial charge in [-0.25, -0.2) is 4.85 Å². The average Bonchev–Trinajstić information content (AvgIpc) is 2.18. The van der Waals surface area contributed by atoms with E-state index in [1.54, 1.807) is 25.1 Å². The van der Waals surface area contributed by atoms with Crippen LogP contribution in [0.4, 0.5) is 5.69 Å². The number of aliphatic hydroxyl groups excluding tert-OH is 1. The van der Waals surface area contributed by atoms with Gasteiger partial charge in [-0.2, -0.15) is 0 Å². The van der Waals surface area contributed by atoms with Crippen molar-refractivity contribution in [2.24, 2.45) is 5.73 Å². The third-order valence-corrected chi connectivity index (χ3v) is 1.96. The monoisotopic (exact) mass is 176 g/mol. The van der Waals surface area contributed by atoms with Crippen molar-refractivity contribution in [3.8, 4) is 0 Å². The fourth-order valence-corrected chi connectivity index (χ4v) is 1.02. The Morgan fingerprint density at radius 3 is 2.85 bits per heavy atom. The highest BCUT2D eigenvalue weighted by Gasteiger charge is 2.19. The summed E-state index contributed by atoms with van der Waals surface area (Å²) in [5.74, 6) is 0. The molecule has 0 aliphatic heterocycles. The summed E-state index contributed by atoms with van der Waals surface area (Å²) in [5.41, 5.74) is 6.37. The maximum atomic E-state index is 9.01. The second kappa shape index (κ2) is 3.56. The fraction of sp³-hybridized carbons (Fsp3) is 0.300. The smallest absolute Gasteiger partial charge is 0.187 e. The highest BCUT2D eigenvalue weighted by Crippen LogP contribution is 2.21. The molecule has 13 heavy (non-hydrogen) atoms. The van der Waals surface area contributed by atoms with E-state index in [2.05, 4.69) is 4.85 Å². The van der Waals surface area contributed by atoms with Crippen molar-refractivity contribution in [2.45, 2.75) is 12.5 Å². The molecule has 3 N–H and O–H groups in total. The van der Waals surface area contributed by atoms with E-state index in [1.165, 1.54) is 0 Å². The highest BCUT2D eigenvalue weighted by molar-refractivity contribution is 5.48. The maximum Gasteiger partial charge on any atom is 0.187 e. The molecule has 0 aromatic heterocycles. The van der Waals surface area contributed by atoms with Crippen molar-refractivity contribution >= 4 is 5.69 Å². The summed E-state index contributed by atoms with van der Waals surface area (Å²) in [6.45, 7) is 8.43. The SMILES string of the molecule is [C-]#[N+]c1cccc(C(C)(N)CO)c1. The van der Waals surface area contributed by atoms with Crippen molar-refractivity contribution in [3.63, 3.8) is 0 Å². The van der Waals surface area contributed by atoms with Gasteiger partial charge in [0, 0.05) is 0 Å². The largest absolute Gasteiger partial charge is 0.394 e. The van der Waals surface area contributed by atoms with Gasteiger partial charge in [-0.1, -0.05) is 24.3 Å². The molecule has 3 nitrogen and oxygen atoms in total. The predicted molar refractivity (Wildman–Crippen MR) is 51.3 cm³/mol. The number of rotatable bonds is 2. The minimum Gasteiger partial charge on any atom is -0.394 e. The van der Waals surface area contributed by atoms with Gasteiger partial charge >= 0.3 is 0 Å². The van der Waals surface area contributed by atoms with Crippen LogP contribution in [0.5, 0.6) is 0 Å². The van der Waals surface area contributed by atoms with Crippen LogP contribution in [-0.2, 0) is 5.54 Å². The van der Waals surface area contributed by atoms with Gasteiger partial charge in [-0.3, -0.25) is 0 Å². The van der Waals surface area contributed by atoms with E-state index in [0.717, 1.165) is 5.56 Å². The minimum absolute atomic E-state index is 0.131. The summed E-state index contributed by atoms with van der Waals surface area (Å²) >= 11 is 0. The molecule has 1 atom stereocenters. The first kappa shape index (κ1) is 9.72. The molecule has 3 heteroatoms. The molecular formula is C10H12N2O. The molecular weight excluding hydrogens is 164 g/mol. The van der Waals surface area contributed by atoms with Crippen LogP contribution in [0.2, 0.25) is 0 Å². The quantitative estimate of drug-likeness (QED) is 0.669. The maximum absolute atomic E-state index is 9.01. The van der Waals surface area contributed by atoms with Crippen LogP contribution in [0, 0.1) is 6.57 Å². The number of benzene rings is 1. The summed E-state index contributed by atoms with van der Waals surface area (Å²) in [5, 5.41) is 9.01. The molecule has 1 unspecified atom stereocenters. The lowest BCUT2D eigenvalue weighted by Gasteiger charge is -2.22. The zero-order valence-corrected chi connectivity index (χ0v) is 7.49. The van der Waals surface area contributed by atoms with E-state index in [4.69, 9.17) is 17.4 Å². The first-order valence-corrected chi connectivity index (χ1v) is 3.98. The highest BCUT2D eigenvalue weighted by atomic mass is 16.3. The molecule has 0 spiro atoms. The standard InChI is InChI=1S/C10H12N2O/c1-10(11,7-13)8-4-3-5-9(6-8)12-2/h3-6,13H,7,11H2,1H3. The number of hydrogen-bond donors (Lipinski definition) is 2. The van der Waals surface area contributed by atoms with Crippen LogP contribution >= 0.6 is 0 Å². The predicted octanol–water partition coefficient (Wildman–Crippen LogP) is 1.40. The third-order valence-electron chi connectivity index (χ3n) is 1.96. The minimum atomic E-state index is -0.763. The summed E-state index contributed by atoms with van der Waals surface area (Å²) in [7, 11) is 0. The molecule has 0 bridgehead atoms. The Morgan fingerprint density at radius 1 is 1.62 bits per heavy atom. The molecule has 1 aromatic rings. The second-order valence-electron chi connectivity index (χ2n) is 3.24. The van der Waals surface area contributed by atoms with Crippen LogP contribution in [0.25, 0.3) is 4.85 Å². The number of nitrogens with zero attached hydrogens (tertiary/aromatic N) is 1. The topological polar surface area (TPSA) is 50.6 Å². The van der Waals surface area contributed by atoms with Gasteiger partial charge in [-0.05, 0) is 12.5 Å². The summed E-state index contributed by atoms with van der Waals surface area (Å²) in [6, 6.07) is 6.99. The van der Waals surface area contributed by atoms with E-state index in [9.17, 15) is 0 Å². The van der Waals surface area contributed by atoms with Gasteiger partial charge in [-0.15, -0.1) is 0 Å². The van der Waals surface area contributed by atoms with E-state index < -0.39 is 5.54 Å². The Kier molecular flexibility index (Phi) is 2.66. The van der Waals surface area contributed by atoms with E-state index in [-0.39, 0.29) is 6.61 Å². The van der Waals surface area contributed by atoms with Crippen LogP contribution in [0.3, 0.4) is 0 Å².